The largest absolute Gasteiger partial charge is 1.00 e. The molecule has 0 aromatic carbocycles. The maximum atomic E-state index is 9.76. The van der Waals surface area contributed by atoms with Crippen LogP contribution < -0.4 is 29.6 Å². The summed E-state index contributed by atoms with van der Waals surface area (Å²) in [6.07, 6.45) is -4.63. The van der Waals surface area contributed by atoms with Gasteiger partial charge >= 0.3 is 29.6 Å². The number of hydrogen-bond acceptors (Lipinski definition) is 6. The van der Waals surface area contributed by atoms with Crippen molar-refractivity contribution in [1.82, 2.24) is 0 Å². The molecule has 0 heterocycles. The minimum Gasteiger partial charge on any atom is -0.870 e. The fourth-order valence-corrected chi connectivity index (χ4v) is 0.416. The van der Waals surface area contributed by atoms with Crippen molar-refractivity contribution in [3.63, 3.8) is 0 Å². The van der Waals surface area contributed by atoms with Crippen LogP contribution in [0.1, 0.15) is 0 Å². The Hall–Kier alpha value is 0.470. The van der Waals surface area contributed by atoms with Crippen LogP contribution in [-0.4, -0.2) is 57.1 Å². The third-order valence-corrected chi connectivity index (χ3v) is 1.07. The molecule has 0 amide bonds. The van der Waals surface area contributed by atoms with Gasteiger partial charge in [-0.2, -0.15) is 0 Å². The number of aliphatic hydroxyl groups is 4. The third-order valence-electron chi connectivity index (χ3n) is 1.07. The van der Waals surface area contributed by atoms with Gasteiger partial charge in [0.05, 0.1) is 6.61 Å². The minimum absolute atomic E-state index is 0. The quantitative estimate of drug-likeness (QED) is 0.258. The summed E-state index contributed by atoms with van der Waals surface area (Å²) in [7, 11) is 0. The van der Waals surface area contributed by atoms with Gasteiger partial charge in [-0.1, -0.05) is 0 Å². The molecule has 12 heavy (non-hydrogen) atoms. The molecule has 0 unspecified atom stereocenters. The standard InChI is InChI=1S/C5H10O5.Na.H2O/c6-1-3(8)5(10)4(9)2-7;;/h1,3-5,7-10H,2H2;;1H2/q;+1;/p-1/t3-,4+,5+;;/m0../s1. The zero-order valence-electron chi connectivity index (χ0n) is 6.66. The molecule has 0 saturated carbocycles. The number of hydrogen-bond donors (Lipinski definition) is 4. The van der Waals surface area contributed by atoms with Gasteiger partial charge in [0, 0.05) is 0 Å². The summed E-state index contributed by atoms with van der Waals surface area (Å²) >= 11 is 0. The van der Waals surface area contributed by atoms with E-state index in [0.29, 0.717) is 0 Å². The first-order valence-electron chi connectivity index (χ1n) is 2.73. The summed E-state index contributed by atoms with van der Waals surface area (Å²) in [4.78, 5) is 9.76. The molecular formula is C5H11NaO6. The fraction of sp³-hybridized carbons (Fsp3) is 0.800. The van der Waals surface area contributed by atoms with Crippen LogP contribution in [0, 0.1) is 0 Å². The maximum Gasteiger partial charge on any atom is 1.00 e. The minimum atomic E-state index is -1.64. The van der Waals surface area contributed by atoms with Gasteiger partial charge in [0.25, 0.3) is 0 Å². The van der Waals surface area contributed by atoms with Gasteiger partial charge in [-0.15, -0.1) is 0 Å². The van der Waals surface area contributed by atoms with Gasteiger partial charge in [-0.25, -0.2) is 0 Å². The van der Waals surface area contributed by atoms with Crippen LogP contribution in [0.4, 0.5) is 0 Å². The van der Waals surface area contributed by atoms with E-state index < -0.39 is 24.9 Å². The zero-order chi connectivity index (χ0) is 8.15. The molecule has 0 rings (SSSR count). The Balaban J connectivity index is -0.000000405. The molecule has 3 atom stereocenters. The normalized spacial score (nSPS) is 16.3. The molecule has 0 aliphatic heterocycles. The summed E-state index contributed by atoms with van der Waals surface area (Å²) in [6.45, 7) is -0.688. The molecule has 0 radical (unpaired) electrons. The molecule has 0 bridgehead atoms. The van der Waals surface area contributed by atoms with Gasteiger partial charge in [-0.3, -0.25) is 0 Å². The van der Waals surface area contributed by atoms with Crippen molar-refractivity contribution >= 4 is 6.29 Å². The van der Waals surface area contributed by atoms with E-state index >= 15 is 0 Å². The molecular weight excluding hydrogens is 179 g/mol. The molecule has 0 fully saturated rings. The topological polar surface area (TPSA) is 128 Å². The van der Waals surface area contributed by atoms with E-state index in [1.807, 2.05) is 0 Å². The van der Waals surface area contributed by atoms with Crippen molar-refractivity contribution in [3.8, 4) is 0 Å². The SMILES string of the molecule is O=C[C@H](O)[C@@H](O)[C@H](O)CO.[Na+].[OH-]. The van der Waals surface area contributed by atoms with E-state index in [1.165, 1.54) is 0 Å². The van der Waals surface area contributed by atoms with E-state index in [-0.39, 0.29) is 41.3 Å². The van der Waals surface area contributed by atoms with Gasteiger partial charge in [-0.05, 0) is 0 Å². The van der Waals surface area contributed by atoms with E-state index in [1.54, 1.807) is 0 Å². The molecule has 0 aromatic rings. The summed E-state index contributed by atoms with van der Waals surface area (Å²) in [5, 5.41) is 34.1. The number of aliphatic hydroxyl groups excluding tert-OH is 4. The van der Waals surface area contributed by atoms with Crippen molar-refractivity contribution in [1.29, 1.82) is 0 Å². The second-order valence-corrected chi connectivity index (χ2v) is 1.87. The Kier molecular flexibility index (Phi) is 14.6. The van der Waals surface area contributed by atoms with E-state index in [2.05, 4.69) is 0 Å². The third kappa shape index (κ3) is 6.04. The van der Waals surface area contributed by atoms with E-state index in [0.717, 1.165) is 0 Å². The van der Waals surface area contributed by atoms with Crippen molar-refractivity contribution < 1.29 is 60.3 Å². The summed E-state index contributed by atoms with van der Waals surface area (Å²) in [5.74, 6) is 0. The predicted molar refractivity (Wildman–Crippen MR) is 33.1 cm³/mol. The Morgan fingerprint density at radius 2 is 1.67 bits per heavy atom. The molecule has 68 valence electrons. The number of carbonyl (C=O) groups is 1. The monoisotopic (exact) mass is 190 g/mol. The fourth-order valence-electron chi connectivity index (χ4n) is 0.416. The van der Waals surface area contributed by atoms with Crippen LogP contribution in [0.15, 0.2) is 0 Å². The first kappa shape index (κ1) is 18.3. The molecule has 0 saturated heterocycles. The number of carbonyl (C=O) groups excluding carboxylic acids is 1. The van der Waals surface area contributed by atoms with Gasteiger partial charge < -0.3 is 30.7 Å². The van der Waals surface area contributed by atoms with E-state index in [9.17, 15) is 4.79 Å². The molecule has 7 heteroatoms. The summed E-state index contributed by atoms with van der Waals surface area (Å²) < 4.78 is 0. The average molecular weight is 190 g/mol. The van der Waals surface area contributed by atoms with Crippen LogP contribution in [0.25, 0.3) is 0 Å². The predicted octanol–water partition coefficient (Wildman–Crippen LogP) is -5.91. The molecule has 0 aromatic heterocycles. The first-order chi connectivity index (χ1) is 4.63. The van der Waals surface area contributed by atoms with Crippen LogP contribution >= 0.6 is 0 Å². The van der Waals surface area contributed by atoms with Crippen molar-refractivity contribution in [3.05, 3.63) is 0 Å². The van der Waals surface area contributed by atoms with Gasteiger partial charge in [0.15, 0.2) is 6.29 Å². The van der Waals surface area contributed by atoms with Crippen molar-refractivity contribution in [2.45, 2.75) is 18.3 Å². The molecule has 0 aliphatic rings. The molecule has 5 N–H and O–H groups in total. The second-order valence-electron chi connectivity index (χ2n) is 1.87. The molecule has 6 nitrogen and oxygen atoms in total. The Bertz CT molecular complexity index is 110. The van der Waals surface area contributed by atoms with Crippen LogP contribution in [0.3, 0.4) is 0 Å². The van der Waals surface area contributed by atoms with Gasteiger partial charge in [0.2, 0.25) is 0 Å². The Labute approximate surface area is 91.4 Å². The van der Waals surface area contributed by atoms with Crippen molar-refractivity contribution in [2.75, 3.05) is 6.61 Å². The average Bonchev–Trinajstić information content (AvgIpc) is 2.00. The molecule has 0 aliphatic carbocycles. The van der Waals surface area contributed by atoms with Crippen LogP contribution in [0.2, 0.25) is 0 Å². The zero-order valence-corrected chi connectivity index (χ0v) is 8.66. The maximum absolute atomic E-state index is 9.76. The summed E-state index contributed by atoms with van der Waals surface area (Å²) in [5.41, 5.74) is 0. The Morgan fingerprint density at radius 1 is 1.25 bits per heavy atom. The van der Waals surface area contributed by atoms with Crippen LogP contribution in [-0.2, 0) is 4.79 Å². The number of rotatable bonds is 4. The van der Waals surface area contributed by atoms with Gasteiger partial charge in [0.1, 0.15) is 18.3 Å². The number of aldehydes is 1. The smallest absolute Gasteiger partial charge is 0.870 e. The van der Waals surface area contributed by atoms with Crippen LogP contribution in [0.5, 0.6) is 0 Å². The van der Waals surface area contributed by atoms with E-state index in [4.69, 9.17) is 20.4 Å². The summed E-state index contributed by atoms with van der Waals surface area (Å²) in [6, 6.07) is 0. The second kappa shape index (κ2) is 9.56. The van der Waals surface area contributed by atoms with Crippen molar-refractivity contribution in [2.24, 2.45) is 0 Å². The molecule has 0 spiro atoms. The Morgan fingerprint density at radius 3 is 1.92 bits per heavy atom. The first-order valence-corrected chi connectivity index (χ1v) is 2.73.